The topological polar surface area (TPSA) is 29.0 Å². The number of nitrogens with zero attached hydrogens (tertiary/aromatic N) is 3. The van der Waals surface area contributed by atoms with Crippen LogP contribution in [0.2, 0.25) is 5.15 Å². The first kappa shape index (κ1) is 11.8. The first-order chi connectivity index (χ1) is 7.78. The Bertz CT molecular complexity index is 318. The predicted molar refractivity (Wildman–Crippen MR) is 65.6 cm³/mol. The molecule has 1 aromatic rings. The molecule has 0 aliphatic carbocycles. The van der Waals surface area contributed by atoms with E-state index in [9.17, 15) is 0 Å². The van der Waals surface area contributed by atoms with Gasteiger partial charge in [0, 0.05) is 0 Å². The lowest BCUT2D eigenvalue weighted by Crippen LogP contribution is -2.34. The van der Waals surface area contributed by atoms with Crippen molar-refractivity contribution in [3.63, 3.8) is 0 Å². The van der Waals surface area contributed by atoms with Gasteiger partial charge in [0.25, 0.3) is 0 Å². The van der Waals surface area contributed by atoms with Crippen molar-refractivity contribution >= 4 is 11.6 Å². The average Bonchev–Trinajstić information content (AvgIpc) is 2.33. The summed E-state index contributed by atoms with van der Waals surface area (Å²) in [6.07, 6.45) is 3.60. The average molecular weight is 240 g/mol. The lowest BCUT2D eigenvalue weighted by Gasteiger charge is -2.30. The standard InChI is InChI=1S/C12H18ClN3/c1-2-16-7-5-10(6-8-16)9-11-3-4-12(13)15-14-11/h3-4,10H,2,5-9H2,1H3. The van der Waals surface area contributed by atoms with Crippen molar-refractivity contribution in [1.29, 1.82) is 0 Å². The Morgan fingerprint density at radius 2 is 2.06 bits per heavy atom. The predicted octanol–water partition coefficient (Wildman–Crippen LogP) is 2.40. The minimum absolute atomic E-state index is 0.476. The van der Waals surface area contributed by atoms with Gasteiger partial charge < -0.3 is 4.90 Å². The van der Waals surface area contributed by atoms with Crippen LogP contribution in [0.4, 0.5) is 0 Å². The Morgan fingerprint density at radius 1 is 1.31 bits per heavy atom. The fourth-order valence-electron chi connectivity index (χ4n) is 2.26. The van der Waals surface area contributed by atoms with Crippen LogP contribution in [0.25, 0.3) is 0 Å². The zero-order valence-corrected chi connectivity index (χ0v) is 10.5. The number of hydrogen-bond acceptors (Lipinski definition) is 3. The number of likely N-dealkylation sites (tertiary alicyclic amines) is 1. The van der Waals surface area contributed by atoms with E-state index in [0.717, 1.165) is 18.0 Å². The van der Waals surface area contributed by atoms with E-state index in [1.165, 1.54) is 32.5 Å². The van der Waals surface area contributed by atoms with Gasteiger partial charge in [-0.1, -0.05) is 18.5 Å². The molecule has 1 aliphatic heterocycles. The zero-order valence-electron chi connectivity index (χ0n) is 9.69. The van der Waals surface area contributed by atoms with E-state index in [2.05, 4.69) is 22.0 Å². The summed E-state index contributed by atoms with van der Waals surface area (Å²) in [5, 5.41) is 8.47. The molecule has 0 spiro atoms. The van der Waals surface area contributed by atoms with Gasteiger partial charge in [-0.25, -0.2) is 0 Å². The Hall–Kier alpha value is -0.670. The van der Waals surface area contributed by atoms with Crippen LogP contribution < -0.4 is 0 Å². The van der Waals surface area contributed by atoms with Crippen molar-refractivity contribution in [1.82, 2.24) is 15.1 Å². The molecule has 1 fully saturated rings. The second kappa shape index (κ2) is 5.60. The van der Waals surface area contributed by atoms with Gasteiger partial charge in [0.15, 0.2) is 5.15 Å². The molecule has 0 bridgehead atoms. The molecule has 2 heterocycles. The summed E-state index contributed by atoms with van der Waals surface area (Å²) >= 11 is 5.71. The van der Waals surface area contributed by atoms with E-state index in [4.69, 9.17) is 11.6 Å². The second-order valence-electron chi connectivity index (χ2n) is 4.43. The Balaban J connectivity index is 1.84. The van der Waals surface area contributed by atoms with E-state index >= 15 is 0 Å². The third-order valence-corrected chi connectivity index (χ3v) is 3.54. The van der Waals surface area contributed by atoms with Crippen LogP contribution in [0, 0.1) is 5.92 Å². The summed E-state index contributed by atoms with van der Waals surface area (Å²) in [5.41, 5.74) is 1.07. The van der Waals surface area contributed by atoms with E-state index in [0.29, 0.717) is 5.15 Å². The van der Waals surface area contributed by atoms with Crippen LogP contribution in [-0.4, -0.2) is 34.7 Å². The molecule has 3 nitrogen and oxygen atoms in total. The van der Waals surface area contributed by atoms with Crippen molar-refractivity contribution < 1.29 is 0 Å². The number of piperidine rings is 1. The highest BCUT2D eigenvalue weighted by molar-refractivity contribution is 6.29. The van der Waals surface area contributed by atoms with E-state index in [1.54, 1.807) is 0 Å². The Morgan fingerprint density at radius 3 is 2.62 bits per heavy atom. The van der Waals surface area contributed by atoms with Crippen LogP contribution in [0.1, 0.15) is 25.5 Å². The maximum absolute atomic E-state index is 5.71. The normalized spacial score (nSPS) is 18.9. The second-order valence-corrected chi connectivity index (χ2v) is 4.82. The molecule has 1 aromatic heterocycles. The van der Waals surface area contributed by atoms with Crippen molar-refractivity contribution in [3.05, 3.63) is 23.0 Å². The lowest BCUT2D eigenvalue weighted by atomic mass is 9.92. The molecule has 0 radical (unpaired) electrons. The van der Waals surface area contributed by atoms with Crippen molar-refractivity contribution in [3.8, 4) is 0 Å². The quantitative estimate of drug-likeness (QED) is 0.811. The van der Waals surface area contributed by atoms with Crippen LogP contribution in [0.15, 0.2) is 12.1 Å². The smallest absolute Gasteiger partial charge is 0.151 e. The summed E-state index contributed by atoms with van der Waals surface area (Å²) in [5.74, 6) is 0.762. The first-order valence-corrected chi connectivity index (χ1v) is 6.36. The minimum Gasteiger partial charge on any atom is -0.304 e. The van der Waals surface area contributed by atoms with Crippen molar-refractivity contribution in [2.75, 3.05) is 19.6 Å². The molecule has 0 N–H and O–H groups in total. The van der Waals surface area contributed by atoms with Gasteiger partial charge in [-0.05, 0) is 56.9 Å². The van der Waals surface area contributed by atoms with Crippen LogP contribution in [-0.2, 0) is 6.42 Å². The van der Waals surface area contributed by atoms with E-state index in [1.807, 2.05) is 12.1 Å². The van der Waals surface area contributed by atoms with Gasteiger partial charge in [0.05, 0.1) is 5.69 Å². The molecular formula is C12H18ClN3. The Labute approximate surface area is 102 Å². The Kier molecular flexibility index (Phi) is 4.13. The summed E-state index contributed by atoms with van der Waals surface area (Å²) < 4.78 is 0. The molecule has 0 unspecified atom stereocenters. The molecule has 1 saturated heterocycles. The molecular weight excluding hydrogens is 222 g/mol. The third-order valence-electron chi connectivity index (χ3n) is 3.34. The maximum Gasteiger partial charge on any atom is 0.151 e. The van der Waals surface area contributed by atoms with Crippen LogP contribution >= 0.6 is 11.6 Å². The zero-order chi connectivity index (χ0) is 11.4. The fraction of sp³-hybridized carbons (Fsp3) is 0.667. The third kappa shape index (κ3) is 3.16. The van der Waals surface area contributed by atoms with Crippen LogP contribution in [0.3, 0.4) is 0 Å². The maximum atomic E-state index is 5.71. The SMILES string of the molecule is CCN1CCC(Cc2ccc(Cl)nn2)CC1. The van der Waals surface area contributed by atoms with Gasteiger partial charge in [0.2, 0.25) is 0 Å². The fourth-order valence-corrected chi connectivity index (χ4v) is 2.36. The number of rotatable bonds is 3. The highest BCUT2D eigenvalue weighted by Crippen LogP contribution is 2.20. The van der Waals surface area contributed by atoms with Gasteiger partial charge in [-0.3, -0.25) is 0 Å². The van der Waals surface area contributed by atoms with Gasteiger partial charge in [0.1, 0.15) is 0 Å². The van der Waals surface area contributed by atoms with Gasteiger partial charge in [-0.15, -0.1) is 5.10 Å². The molecule has 0 aromatic carbocycles. The van der Waals surface area contributed by atoms with E-state index < -0.39 is 0 Å². The molecule has 88 valence electrons. The van der Waals surface area contributed by atoms with Crippen LogP contribution in [0.5, 0.6) is 0 Å². The monoisotopic (exact) mass is 239 g/mol. The van der Waals surface area contributed by atoms with Crippen molar-refractivity contribution in [2.45, 2.75) is 26.2 Å². The molecule has 16 heavy (non-hydrogen) atoms. The summed E-state index contributed by atoms with van der Waals surface area (Å²) in [4.78, 5) is 2.50. The molecule has 0 amide bonds. The first-order valence-electron chi connectivity index (χ1n) is 5.98. The number of aromatic nitrogens is 2. The largest absolute Gasteiger partial charge is 0.304 e. The molecule has 1 aliphatic rings. The number of halogens is 1. The molecule has 2 rings (SSSR count). The highest BCUT2D eigenvalue weighted by Gasteiger charge is 2.18. The highest BCUT2D eigenvalue weighted by atomic mass is 35.5. The molecule has 0 atom stereocenters. The van der Waals surface area contributed by atoms with Crippen molar-refractivity contribution in [2.24, 2.45) is 5.92 Å². The summed E-state index contributed by atoms with van der Waals surface area (Å²) in [6.45, 7) is 5.85. The summed E-state index contributed by atoms with van der Waals surface area (Å²) in [7, 11) is 0. The summed E-state index contributed by atoms with van der Waals surface area (Å²) in [6, 6.07) is 3.81. The molecule has 4 heteroatoms. The van der Waals surface area contributed by atoms with Gasteiger partial charge in [-0.2, -0.15) is 5.10 Å². The lowest BCUT2D eigenvalue weighted by molar-refractivity contribution is 0.191. The number of hydrogen-bond donors (Lipinski definition) is 0. The molecule has 0 saturated carbocycles. The minimum atomic E-state index is 0.476. The van der Waals surface area contributed by atoms with Gasteiger partial charge >= 0.3 is 0 Å². The van der Waals surface area contributed by atoms with E-state index in [-0.39, 0.29) is 0 Å².